The number of ether oxygens (including phenoxy) is 2. The molecule has 0 aliphatic rings. The summed E-state index contributed by atoms with van der Waals surface area (Å²) in [6.07, 6.45) is 0. The maximum absolute atomic E-state index is 13.0. The number of aromatic nitrogens is 1. The summed E-state index contributed by atoms with van der Waals surface area (Å²) in [5, 5.41) is 0. The zero-order valence-corrected chi connectivity index (χ0v) is 17.5. The van der Waals surface area contributed by atoms with Crippen molar-refractivity contribution in [3.05, 3.63) is 46.8 Å². The Balaban J connectivity index is 2.36. The van der Waals surface area contributed by atoms with E-state index in [0.29, 0.717) is 17.0 Å². The molecular formula is C19H24N2O6S. The molecule has 1 atom stereocenters. The molecule has 8 nitrogen and oxygen atoms in total. The molecule has 0 aliphatic carbocycles. The van der Waals surface area contributed by atoms with Gasteiger partial charge in [-0.3, -0.25) is 4.79 Å². The van der Waals surface area contributed by atoms with Crippen LogP contribution in [0.25, 0.3) is 0 Å². The fourth-order valence-electron chi connectivity index (χ4n) is 2.92. The number of hydrogen-bond donors (Lipinski definition) is 1. The van der Waals surface area contributed by atoms with Crippen LogP contribution in [0.4, 0.5) is 0 Å². The van der Waals surface area contributed by atoms with Crippen molar-refractivity contribution in [2.45, 2.75) is 31.7 Å². The number of likely N-dealkylation sites (N-methyl/N-ethyl adjacent to an activating group) is 1. The number of sulfonamides is 1. The normalized spacial score (nSPS) is 12.7. The van der Waals surface area contributed by atoms with Crippen LogP contribution in [-0.2, 0) is 14.8 Å². The fraction of sp³-hybridized carbons (Fsp3) is 0.368. The molecule has 0 unspecified atom stereocenters. The Morgan fingerprint density at radius 3 is 2.18 bits per heavy atom. The van der Waals surface area contributed by atoms with Gasteiger partial charge < -0.3 is 14.5 Å². The topological polar surface area (TPSA) is 106 Å². The van der Waals surface area contributed by atoms with Crippen LogP contribution in [0.3, 0.4) is 0 Å². The molecule has 0 amide bonds. The molecule has 0 radical (unpaired) electrons. The average Bonchev–Trinajstić information content (AvgIpc) is 2.99. The van der Waals surface area contributed by atoms with E-state index in [1.54, 1.807) is 13.8 Å². The lowest BCUT2D eigenvalue weighted by molar-refractivity contribution is 0.0594. The maximum Gasteiger partial charge on any atom is 0.354 e. The number of carbonyl (C=O) groups is 2. The van der Waals surface area contributed by atoms with Gasteiger partial charge in [0, 0.05) is 18.3 Å². The van der Waals surface area contributed by atoms with E-state index in [1.807, 2.05) is 0 Å². The van der Waals surface area contributed by atoms with Crippen LogP contribution >= 0.6 is 0 Å². The number of nitrogens with zero attached hydrogens (tertiary/aromatic N) is 1. The molecule has 1 aromatic heterocycles. The molecule has 28 heavy (non-hydrogen) atoms. The molecule has 0 aliphatic heterocycles. The van der Waals surface area contributed by atoms with E-state index in [4.69, 9.17) is 9.47 Å². The van der Waals surface area contributed by atoms with Gasteiger partial charge in [-0.25, -0.2) is 13.2 Å². The molecule has 2 rings (SSSR count). The minimum Gasteiger partial charge on any atom is -0.497 e. The van der Waals surface area contributed by atoms with Gasteiger partial charge in [0.05, 0.1) is 25.2 Å². The first-order valence-corrected chi connectivity index (χ1v) is 9.94. The Morgan fingerprint density at radius 1 is 1.11 bits per heavy atom. The zero-order valence-electron chi connectivity index (χ0n) is 16.7. The first-order valence-electron chi connectivity index (χ1n) is 8.50. The molecule has 9 heteroatoms. The number of ketones is 1. The Kier molecular flexibility index (Phi) is 6.30. The molecule has 0 spiro atoms. The Bertz CT molecular complexity index is 992. The minimum absolute atomic E-state index is 0.0493. The third kappa shape index (κ3) is 3.81. The van der Waals surface area contributed by atoms with E-state index in [9.17, 15) is 18.0 Å². The van der Waals surface area contributed by atoms with Crippen molar-refractivity contribution in [2.75, 3.05) is 21.3 Å². The molecule has 0 saturated carbocycles. The monoisotopic (exact) mass is 408 g/mol. The third-order valence-corrected chi connectivity index (χ3v) is 6.68. The second kappa shape index (κ2) is 8.15. The van der Waals surface area contributed by atoms with Crippen molar-refractivity contribution in [2.24, 2.45) is 0 Å². The van der Waals surface area contributed by atoms with Crippen molar-refractivity contribution in [3.8, 4) is 5.75 Å². The summed E-state index contributed by atoms with van der Waals surface area (Å²) in [6, 6.07) is 4.94. The van der Waals surface area contributed by atoms with Gasteiger partial charge in [-0.1, -0.05) is 0 Å². The van der Waals surface area contributed by atoms with Crippen LogP contribution in [0, 0.1) is 13.8 Å². The molecule has 0 bridgehead atoms. The van der Waals surface area contributed by atoms with Crippen molar-refractivity contribution in [1.82, 2.24) is 9.29 Å². The highest BCUT2D eigenvalue weighted by Crippen LogP contribution is 2.25. The fourth-order valence-corrected chi connectivity index (χ4v) is 4.25. The van der Waals surface area contributed by atoms with Crippen LogP contribution in [0.15, 0.2) is 29.2 Å². The molecule has 0 fully saturated rings. The summed E-state index contributed by atoms with van der Waals surface area (Å²) in [5.41, 5.74) is 1.36. The van der Waals surface area contributed by atoms with Crippen LogP contribution in [0.5, 0.6) is 5.75 Å². The smallest absolute Gasteiger partial charge is 0.354 e. The number of H-pyrrole nitrogens is 1. The van der Waals surface area contributed by atoms with Gasteiger partial charge in [-0.15, -0.1) is 0 Å². The number of aromatic amines is 1. The lowest BCUT2D eigenvalue weighted by atomic mass is 10.0. The molecule has 2 aromatic rings. The summed E-state index contributed by atoms with van der Waals surface area (Å²) in [5.74, 6) is -0.479. The minimum atomic E-state index is -3.90. The predicted molar refractivity (Wildman–Crippen MR) is 103 cm³/mol. The number of esters is 1. The van der Waals surface area contributed by atoms with E-state index in [-0.39, 0.29) is 16.2 Å². The van der Waals surface area contributed by atoms with E-state index in [0.717, 1.165) is 4.31 Å². The lowest BCUT2D eigenvalue weighted by Gasteiger charge is -2.23. The molecule has 1 N–H and O–H groups in total. The molecule has 1 aromatic carbocycles. The quantitative estimate of drug-likeness (QED) is 0.557. The highest BCUT2D eigenvalue weighted by atomic mass is 32.2. The van der Waals surface area contributed by atoms with Gasteiger partial charge in [0.1, 0.15) is 11.4 Å². The number of benzene rings is 1. The van der Waals surface area contributed by atoms with Gasteiger partial charge in [0.15, 0.2) is 5.78 Å². The molecule has 1 heterocycles. The SMILES string of the molecule is COC(=O)c1[nH]c(C)c(C(=O)[C@H](C)N(C)S(=O)(=O)c2ccc(OC)cc2)c1C. The van der Waals surface area contributed by atoms with Gasteiger partial charge in [0.2, 0.25) is 10.0 Å². The highest BCUT2D eigenvalue weighted by Gasteiger charge is 2.33. The third-order valence-electron chi connectivity index (χ3n) is 4.73. The number of hydrogen-bond acceptors (Lipinski definition) is 6. The Labute approximate surface area is 164 Å². The number of Topliss-reactive ketones (excluding diaryl/α,β-unsaturated/α-hetero) is 1. The largest absolute Gasteiger partial charge is 0.497 e. The summed E-state index contributed by atoms with van der Waals surface area (Å²) >= 11 is 0. The summed E-state index contributed by atoms with van der Waals surface area (Å²) in [7, 11) is 0.181. The number of aryl methyl sites for hydroxylation is 1. The number of carbonyl (C=O) groups excluding carboxylic acids is 2. The van der Waals surface area contributed by atoms with Crippen LogP contribution in [0.1, 0.15) is 39.0 Å². The van der Waals surface area contributed by atoms with E-state index < -0.39 is 27.8 Å². The van der Waals surface area contributed by atoms with Crippen LogP contribution in [-0.4, -0.2) is 56.8 Å². The van der Waals surface area contributed by atoms with Gasteiger partial charge in [0.25, 0.3) is 0 Å². The Hall–Kier alpha value is -2.65. The van der Waals surface area contributed by atoms with Gasteiger partial charge in [-0.05, 0) is 50.6 Å². The van der Waals surface area contributed by atoms with Crippen molar-refractivity contribution < 1.29 is 27.5 Å². The van der Waals surface area contributed by atoms with Crippen LogP contribution in [0.2, 0.25) is 0 Å². The number of rotatable bonds is 7. The maximum atomic E-state index is 13.0. The van der Waals surface area contributed by atoms with Gasteiger partial charge in [-0.2, -0.15) is 4.31 Å². The molecule has 152 valence electrons. The van der Waals surface area contributed by atoms with Crippen LogP contribution < -0.4 is 4.74 Å². The summed E-state index contributed by atoms with van der Waals surface area (Å²) in [4.78, 5) is 27.8. The van der Waals surface area contributed by atoms with E-state index >= 15 is 0 Å². The lowest BCUT2D eigenvalue weighted by Crippen LogP contribution is -2.40. The predicted octanol–water partition coefficient (Wildman–Crippen LogP) is 2.32. The molecular weight excluding hydrogens is 384 g/mol. The van der Waals surface area contributed by atoms with Crippen molar-refractivity contribution in [3.63, 3.8) is 0 Å². The second-order valence-electron chi connectivity index (χ2n) is 6.35. The van der Waals surface area contributed by atoms with Gasteiger partial charge >= 0.3 is 5.97 Å². The Morgan fingerprint density at radius 2 is 1.68 bits per heavy atom. The highest BCUT2D eigenvalue weighted by molar-refractivity contribution is 7.89. The summed E-state index contributed by atoms with van der Waals surface area (Å²) < 4.78 is 36.5. The standard InChI is InChI=1S/C19H24N2O6S/c1-11-16(12(2)20-17(11)19(23)27-6)18(22)13(3)21(4)28(24,25)15-9-7-14(26-5)8-10-15/h7-10,13,20H,1-6H3/t13-/m0/s1. The van der Waals surface area contributed by atoms with Crippen molar-refractivity contribution in [1.29, 1.82) is 0 Å². The first-order chi connectivity index (χ1) is 13.1. The zero-order chi connectivity index (χ0) is 21.2. The van der Waals surface area contributed by atoms with E-state index in [1.165, 1.54) is 52.5 Å². The number of nitrogens with one attached hydrogen (secondary N) is 1. The van der Waals surface area contributed by atoms with E-state index in [2.05, 4.69) is 4.98 Å². The first kappa shape index (κ1) is 21.6. The van der Waals surface area contributed by atoms with Crippen molar-refractivity contribution >= 4 is 21.8 Å². The molecule has 0 saturated heterocycles. The summed E-state index contributed by atoms with van der Waals surface area (Å²) in [6.45, 7) is 4.78. The number of methoxy groups -OCH3 is 2. The second-order valence-corrected chi connectivity index (χ2v) is 8.35. The average molecular weight is 408 g/mol.